The number of phenols is 2. The average Bonchev–Trinajstić information content (AvgIpc) is 2.90. The van der Waals surface area contributed by atoms with Gasteiger partial charge in [0.1, 0.15) is 11.5 Å². The van der Waals surface area contributed by atoms with Crippen molar-refractivity contribution in [3.63, 3.8) is 0 Å². The summed E-state index contributed by atoms with van der Waals surface area (Å²) in [5.41, 5.74) is -1.63. The highest BCUT2D eigenvalue weighted by Gasteiger charge is 2.33. The minimum Gasteiger partial charge on any atom is -0.507 e. The lowest BCUT2D eigenvalue weighted by Gasteiger charge is -2.15. The van der Waals surface area contributed by atoms with Crippen molar-refractivity contribution in [2.24, 2.45) is 9.98 Å². The number of fused-ring (bicyclic) bond motifs is 1. The van der Waals surface area contributed by atoms with Crippen LogP contribution in [0.1, 0.15) is 72.9 Å². The summed E-state index contributed by atoms with van der Waals surface area (Å²) in [5, 5.41) is 22.9. The van der Waals surface area contributed by atoms with Crippen LogP contribution >= 0.6 is 0 Å². The smallest absolute Gasteiger partial charge is 0.416 e. The molecule has 4 aromatic carbocycles. The first kappa shape index (κ1) is 30.6. The molecule has 0 aliphatic heterocycles. The molecule has 0 fully saturated rings. The third-order valence-corrected chi connectivity index (χ3v) is 6.76. The SMILES string of the molecule is CC(C)c1cc(C(F)(F)F)cc(C=Nc2cc3ccccc3cc2N=Cc2cc(C(F)(F)F)cc(C(C)C)c2O)c1O. The van der Waals surface area contributed by atoms with E-state index in [0.717, 1.165) is 47.5 Å². The summed E-state index contributed by atoms with van der Waals surface area (Å²) in [4.78, 5) is 8.68. The molecule has 220 valence electrons. The summed E-state index contributed by atoms with van der Waals surface area (Å²) < 4.78 is 81.5. The van der Waals surface area contributed by atoms with Crippen molar-refractivity contribution in [3.8, 4) is 11.5 Å². The fourth-order valence-corrected chi connectivity index (χ4v) is 4.47. The van der Waals surface area contributed by atoms with E-state index in [-0.39, 0.29) is 45.1 Å². The number of benzene rings is 4. The Labute approximate surface area is 238 Å². The van der Waals surface area contributed by atoms with Crippen LogP contribution in [-0.4, -0.2) is 22.6 Å². The summed E-state index contributed by atoms with van der Waals surface area (Å²) in [7, 11) is 0. The molecule has 0 aliphatic rings. The Morgan fingerprint density at radius 3 is 1.26 bits per heavy atom. The zero-order valence-corrected chi connectivity index (χ0v) is 23.1. The highest BCUT2D eigenvalue weighted by Crippen LogP contribution is 2.40. The molecular formula is C32H28F6N2O2. The molecule has 0 amide bonds. The molecule has 0 bridgehead atoms. The molecule has 0 saturated carbocycles. The monoisotopic (exact) mass is 586 g/mol. The Kier molecular flexibility index (Phi) is 8.39. The van der Waals surface area contributed by atoms with E-state index in [1.54, 1.807) is 64.1 Å². The highest BCUT2D eigenvalue weighted by atomic mass is 19.4. The molecular weight excluding hydrogens is 558 g/mol. The molecule has 42 heavy (non-hydrogen) atoms. The van der Waals surface area contributed by atoms with Crippen molar-refractivity contribution < 1.29 is 36.6 Å². The molecule has 4 rings (SSSR count). The first-order valence-corrected chi connectivity index (χ1v) is 13.1. The summed E-state index contributed by atoms with van der Waals surface area (Å²) in [6.45, 7) is 6.61. The molecule has 10 heteroatoms. The molecule has 0 radical (unpaired) electrons. The third-order valence-electron chi connectivity index (χ3n) is 6.76. The van der Waals surface area contributed by atoms with Crippen molar-refractivity contribution in [3.05, 3.63) is 94.0 Å². The topological polar surface area (TPSA) is 65.2 Å². The summed E-state index contributed by atoms with van der Waals surface area (Å²) in [6, 6.07) is 13.8. The van der Waals surface area contributed by atoms with E-state index in [1.165, 1.54) is 0 Å². The number of rotatable bonds is 6. The standard InChI is InChI=1S/C32H28F6N2O2/c1-17(2)25-13-23(31(33,34)35)9-21(29(25)41)15-39-27-11-19-7-5-6-8-20(19)12-28(27)40-16-22-10-24(32(36,37)38)14-26(18(3)4)30(22)42/h5-18,41-42H,1-4H3. The van der Waals surface area contributed by atoms with Crippen LogP contribution in [0.25, 0.3) is 10.8 Å². The second kappa shape index (κ2) is 11.5. The van der Waals surface area contributed by atoms with Crippen LogP contribution in [0.3, 0.4) is 0 Å². The van der Waals surface area contributed by atoms with Crippen molar-refractivity contribution in [2.75, 3.05) is 0 Å². The normalized spacial score (nSPS) is 13.0. The molecule has 2 N–H and O–H groups in total. The van der Waals surface area contributed by atoms with E-state index in [4.69, 9.17) is 0 Å². The van der Waals surface area contributed by atoms with Crippen LogP contribution in [0.2, 0.25) is 0 Å². The minimum atomic E-state index is -4.65. The van der Waals surface area contributed by atoms with E-state index in [9.17, 15) is 36.6 Å². The Morgan fingerprint density at radius 1 is 0.595 bits per heavy atom. The number of hydrogen-bond donors (Lipinski definition) is 2. The quantitative estimate of drug-likeness (QED) is 0.174. The third kappa shape index (κ3) is 6.58. The van der Waals surface area contributed by atoms with Crippen molar-refractivity contribution >= 4 is 34.6 Å². The van der Waals surface area contributed by atoms with Crippen molar-refractivity contribution in [1.82, 2.24) is 0 Å². The Morgan fingerprint density at radius 2 is 0.952 bits per heavy atom. The maximum Gasteiger partial charge on any atom is 0.416 e. The van der Waals surface area contributed by atoms with Crippen molar-refractivity contribution in [1.29, 1.82) is 0 Å². The minimum absolute atomic E-state index is 0.101. The van der Waals surface area contributed by atoms with Crippen LogP contribution in [0, 0.1) is 0 Å². The number of aliphatic imine (C=N–C) groups is 2. The predicted molar refractivity (Wildman–Crippen MR) is 153 cm³/mol. The molecule has 0 spiro atoms. The first-order chi connectivity index (χ1) is 19.6. The van der Waals surface area contributed by atoms with Gasteiger partial charge in [-0.25, -0.2) is 0 Å². The number of phenolic OH excluding ortho intramolecular Hbond substituents is 2. The van der Waals surface area contributed by atoms with Gasteiger partial charge in [0.25, 0.3) is 0 Å². The fraction of sp³-hybridized carbons (Fsp3) is 0.250. The van der Waals surface area contributed by atoms with Crippen LogP contribution in [0.5, 0.6) is 11.5 Å². The van der Waals surface area contributed by atoms with Crippen LogP contribution < -0.4 is 0 Å². The van der Waals surface area contributed by atoms with Crippen molar-refractivity contribution in [2.45, 2.75) is 51.9 Å². The van der Waals surface area contributed by atoms with E-state index in [0.29, 0.717) is 0 Å². The van der Waals surface area contributed by atoms with Gasteiger partial charge in [-0.3, -0.25) is 9.98 Å². The van der Waals surface area contributed by atoms with Gasteiger partial charge in [-0.15, -0.1) is 0 Å². The molecule has 0 unspecified atom stereocenters. The average molecular weight is 587 g/mol. The number of hydrogen-bond acceptors (Lipinski definition) is 4. The zero-order chi connectivity index (χ0) is 31.0. The second-order valence-electron chi connectivity index (χ2n) is 10.5. The predicted octanol–water partition coefficient (Wildman–Crippen LogP) is 10.0. The fourth-order valence-electron chi connectivity index (χ4n) is 4.47. The number of alkyl halides is 6. The molecule has 0 aromatic heterocycles. The Bertz CT molecular complexity index is 1560. The molecule has 0 aliphatic carbocycles. The number of halogens is 6. The van der Waals surface area contributed by atoms with Gasteiger partial charge in [-0.1, -0.05) is 52.0 Å². The molecule has 0 heterocycles. The summed E-state index contributed by atoms with van der Waals surface area (Å²) >= 11 is 0. The Hall–Kier alpha value is -4.34. The lowest BCUT2D eigenvalue weighted by Crippen LogP contribution is -2.08. The molecule has 4 aromatic rings. The maximum atomic E-state index is 13.6. The maximum absolute atomic E-state index is 13.6. The van der Waals surface area contributed by atoms with Crippen LogP contribution in [0.15, 0.2) is 70.6 Å². The van der Waals surface area contributed by atoms with Gasteiger partial charge in [-0.05, 0) is 70.1 Å². The first-order valence-electron chi connectivity index (χ1n) is 13.1. The number of aromatic hydroxyl groups is 2. The summed E-state index contributed by atoms with van der Waals surface area (Å²) in [5.74, 6) is -1.50. The molecule has 4 nitrogen and oxygen atoms in total. The van der Waals surface area contributed by atoms with E-state index in [1.807, 2.05) is 0 Å². The number of nitrogens with zero attached hydrogens (tertiary/aromatic N) is 2. The van der Waals surface area contributed by atoms with Crippen LogP contribution in [-0.2, 0) is 12.4 Å². The van der Waals surface area contributed by atoms with Gasteiger partial charge in [0.2, 0.25) is 0 Å². The van der Waals surface area contributed by atoms with Gasteiger partial charge in [0.15, 0.2) is 0 Å². The van der Waals surface area contributed by atoms with Gasteiger partial charge < -0.3 is 10.2 Å². The lowest BCUT2D eigenvalue weighted by molar-refractivity contribution is -0.138. The lowest BCUT2D eigenvalue weighted by atomic mass is 9.96. The summed E-state index contributed by atoms with van der Waals surface area (Å²) in [6.07, 6.45) is -7.11. The molecule has 0 atom stereocenters. The largest absolute Gasteiger partial charge is 0.507 e. The van der Waals surface area contributed by atoms with Crippen LogP contribution in [0.4, 0.5) is 37.7 Å². The van der Waals surface area contributed by atoms with E-state index < -0.39 is 35.3 Å². The van der Waals surface area contributed by atoms with Gasteiger partial charge >= 0.3 is 12.4 Å². The zero-order valence-electron chi connectivity index (χ0n) is 23.1. The molecule has 0 saturated heterocycles. The van der Waals surface area contributed by atoms with E-state index >= 15 is 0 Å². The van der Waals surface area contributed by atoms with Gasteiger partial charge in [-0.2, -0.15) is 26.3 Å². The Balaban J connectivity index is 1.87. The van der Waals surface area contributed by atoms with Gasteiger partial charge in [0, 0.05) is 23.6 Å². The second-order valence-corrected chi connectivity index (χ2v) is 10.5. The van der Waals surface area contributed by atoms with E-state index in [2.05, 4.69) is 9.98 Å². The highest BCUT2D eigenvalue weighted by molar-refractivity contribution is 5.96. The van der Waals surface area contributed by atoms with Gasteiger partial charge in [0.05, 0.1) is 22.5 Å².